The van der Waals surface area contributed by atoms with Crippen LogP contribution in [0.2, 0.25) is 0 Å². The standard InChI is InChI=1S/C18H27N3O6S3/c22-16-19(1-4-28-10-13-7-25-13)17(23)21(3-6-30-12-15-9-27-15)18(24)20(16)2-5-29-11-14-8-26-14/h13-15H,1-12H2. The molecule has 4 heterocycles. The van der Waals surface area contributed by atoms with Crippen LogP contribution in [0.3, 0.4) is 0 Å². The van der Waals surface area contributed by atoms with Crippen molar-refractivity contribution in [2.24, 2.45) is 0 Å². The normalized spacial score (nSPS) is 24.2. The highest BCUT2D eigenvalue weighted by Gasteiger charge is 2.24. The maximum atomic E-state index is 12.9. The largest absolute Gasteiger partial charge is 0.372 e. The molecule has 0 saturated carbocycles. The lowest BCUT2D eigenvalue weighted by molar-refractivity contribution is 0.426. The maximum absolute atomic E-state index is 12.9. The summed E-state index contributed by atoms with van der Waals surface area (Å²) in [6.45, 7) is 3.25. The van der Waals surface area contributed by atoms with Crippen molar-refractivity contribution in [1.29, 1.82) is 0 Å². The topological polar surface area (TPSA) is 104 Å². The first-order chi connectivity index (χ1) is 14.6. The molecule has 12 heteroatoms. The summed E-state index contributed by atoms with van der Waals surface area (Å²) in [7, 11) is 0. The van der Waals surface area contributed by atoms with Crippen molar-refractivity contribution >= 4 is 35.3 Å². The van der Waals surface area contributed by atoms with Gasteiger partial charge < -0.3 is 14.2 Å². The van der Waals surface area contributed by atoms with E-state index in [0.717, 1.165) is 37.1 Å². The quantitative estimate of drug-likeness (QED) is 0.246. The van der Waals surface area contributed by atoms with E-state index >= 15 is 0 Å². The Morgan fingerprint density at radius 2 is 0.867 bits per heavy atom. The summed E-state index contributed by atoms with van der Waals surface area (Å²) in [4.78, 5) is 38.7. The Kier molecular flexibility index (Phi) is 8.09. The van der Waals surface area contributed by atoms with Crippen LogP contribution in [-0.4, -0.2) is 86.4 Å². The van der Waals surface area contributed by atoms with E-state index < -0.39 is 17.1 Å². The van der Waals surface area contributed by atoms with Crippen LogP contribution in [0.4, 0.5) is 0 Å². The fraction of sp³-hybridized carbons (Fsp3) is 0.833. The van der Waals surface area contributed by atoms with Gasteiger partial charge in [0.25, 0.3) is 0 Å². The first-order valence-corrected chi connectivity index (χ1v) is 13.6. The molecule has 4 rings (SSSR count). The number of rotatable bonds is 15. The predicted octanol–water partition coefficient (Wildman–Crippen LogP) is -0.432. The third-order valence-electron chi connectivity index (χ3n) is 4.88. The summed E-state index contributed by atoms with van der Waals surface area (Å²) in [6, 6.07) is 0. The van der Waals surface area contributed by atoms with Crippen molar-refractivity contribution in [2.45, 2.75) is 37.9 Å². The molecular formula is C18H27N3O6S3. The molecule has 0 N–H and O–H groups in total. The molecule has 0 bridgehead atoms. The first kappa shape index (κ1) is 22.5. The lowest BCUT2D eigenvalue weighted by Gasteiger charge is -2.14. The van der Waals surface area contributed by atoms with Gasteiger partial charge in [-0.25, -0.2) is 28.1 Å². The molecule has 3 aliphatic rings. The fourth-order valence-electron chi connectivity index (χ4n) is 2.86. The van der Waals surface area contributed by atoms with E-state index in [-0.39, 0.29) is 0 Å². The number of ether oxygens (including phenoxy) is 3. The summed E-state index contributed by atoms with van der Waals surface area (Å²) < 4.78 is 19.2. The van der Waals surface area contributed by atoms with Crippen molar-refractivity contribution in [3.05, 3.63) is 31.5 Å². The molecule has 9 nitrogen and oxygen atoms in total. The monoisotopic (exact) mass is 477 g/mol. The highest BCUT2D eigenvalue weighted by atomic mass is 32.2. The van der Waals surface area contributed by atoms with E-state index in [1.807, 2.05) is 0 Å². The Hall–Kier alpha value is -0.660. The SMILES string of the molecule is O=c1n(CCSCC2CO2)c(=O)n(CCSCC2CO2)c(=O)n1CCSCC1CO1. The molecule has 0 spiro atoms. The molecular weight excluding hydrogens is 450 g/mol. The van der Waals surface area contributed by atoms with Crippen molar-refractivity contribution in [3.63, 3.8) is 0 Å². The average Bonchev–Trinajstić information content (AvgIpc) is 3.58. The van der Waals surface area contributed by atoms with Crippen molar-refractivity contribution in [1.82, 2.24) is 13.7 Å². The summed E-state index contributed by atoms with van der Waals surface area (Å²) in [5.41, 5.74) is -1.52. The minimum Gasteiger partial charge on any atom is -0.372 e. The zero-order chi connectivity index (χ0) is 20.9. The van der Waals surface area contributed by atoms with E-state index in [1.54, 1.807) is 35.3 Å². The van der Waals surface area contributed by atoms with Crippen molar-refractivity contribution in [2.75, 3.05) is 54.3 Å². The molecule has 0 amide bonds. The van der Waals surface area contributed by atoms with Crippen LogP contribution in [0.5, 0.6) is 0 Å². The van der Waals surface area contributed by atoms with Gasteiger partial charge in [0.2, 0.25) is 0 Å². The number of thioether (sulfide) groups is 3. The van der Waals surface area contributed by atoms with E-state index in [1.165, 1.54) is 13.7 Å². The molecule has 0 aliphatic carbocycles. The van der Waals surface area contributed by atoms with Gasteiger partial charge in [0.1, 0.15) is 0 Å². The summed E-state index contributed by atoms with van der Waals surface area (Å²) >= 11 is 4.98. The zero-order valence-electron chi connectivity index (χ0n) is 16.7. The Labute approximate surface area is 186 Å². The first-order valence-electron chi connectivity index (χ1n) is 10.2. The molecule has 3 unspecified atom stereocenters. The second kappa shape index (κ2) is 10.8. The number of epoxide rings is 3. The molecule has 168 valence electrons. The Bertz CT molecular complexity index is 744. The van der Waals surface area contributed by atoms with Crippen LogP contribution in [0.1, 0.15) is 0 Å². The minimum absolute atomic E-state index is 0.293. The number of aromatic nitrogens is 3. The van der Waals surface area contributed by atoms with Gasteiger partial charge in [-0.1, -0.05) is 0 Å². The van der Waals surface area contributed by atoms with Crippen LogP contribution < -0.4 is 17.1 Å². The van der Waals surface area contributed by atoms with Crippen LogP contribution in [0.15, 0.2) is 14.4 Å². The fourth-order valence-corrected chi connectivity index (χ4v) is 5.66. The molecule has 3 aliphatic heterocycles. The van der Waals surface area contributed by atoms with E-state index in [9.17, 15) is 14.4 Å². The highest BCUT2D eigenvalue weighted by molar-refractivity contribution is 7.99. The smallest absolute Gasteiger partial charge is 0.336 e. The summed E-state index contributed by atoms with van der Waals surface area (Å²) in [6.07, 6.45) is 0.909. The second-order valence-corrected chi connectivity index (χ2v) is 10.8. The summed E-state index contributed by atoms with van der Waals surface area (Å²) in [5, 5.41) is 0. The lowest BCUT2D eigenvalue weighted by atomic mass is 10.6. The van der Waals surface area contributed by atoms with Crippen molar-refractivity contribution < 1.29 is 14.2 Å². The van der Waals surface area contributed by atoms with Gasteiger partial charge in [0, 0.05) is 54.2 Å². The predicted molar refractivity (Wildman–Crippen MR) is 120 cm³/mol. The number of nitrogens with zero attached hydrogens (tertiary/aromatic N) is 3. The number of hydrogen-bond acceptors (Lipinski definition) is 9. The van der Waals surface area contributed by atoms with E-state index in [2.05, 4.69) is 0 Å². The average molecular weight is 478 g/mol. The molecule has 30 heavy (non-hydrogen) atoms. The molecule has 3 atom stereocenters. The van der Waals surface area contributed by atoms with Gasteiger partial charge in [-0.3, -0.25) is 0 Å². The zero-order valence-corrected chi connectivity index (χ0v) is 19.2. The summed E-state index contributed by atoms with van der Waals surface area (Å²) in [5.74, 6) is 4.49. The van der Waals surface area contributed by atoms with Gasteiger partial charge in [-0.2, -0.15) is 35.3 Å². The third kappa shape index (κ3) is 6.67. The van der Waals surface area contributed by atoms with Crippen LogP contribution >= 0.6 is 35.3 Å². The number of hydrogen-bond donors (Lipinski definition) is 0. The molecule has 0 radical (unpaired) electrons. The molecule has 1 aromatic rings. The van der Waals surface area contributed by atoms with Gasteiger partial charge in [-0.05, 0) is 0 Å². The second-order valence-electron chi connectivity index (χ2n) is 7.39. The minimum atomic E-state index is -0.508. The van der Waals surface area contributed by atoms with E-state index in [0.29, 0.717) is 55.2 Å². The van der Waals surface area contributed by atoms with Gasteiger partial charge >= 0.3 is 17.1 Å². The lowest BCUT2D eigenvalue weighted by Crippen LogP contribution is -2.55. The molecule has 3 saturated heterocycles. The Morgan fingerprint density at radius 1 is 0.600 bits per heavy atom. The van der Waals surface area contributed by atoms with Crippen LogP contribution in [0, 0.1) is 0 Å². The third-order valence-corrected chi connectivity index (χ3v) is 8.12. The van der Waals surface area contributed by atoms with E-state index in [4.69, 9.17) is 14.2 Å². The van der Waals surface area contributed by atoms with Crippen LogP contribution in [-0.2, 0) is 33.8 Å². The molecule has 1 aromatic heterocycles. The highest BCUT2D eigenvalue weighted by Crippen LogP contribution is 2.17. The van der Waals surface area contributed by atoms with Gasteiger partial charge in [0.15, 0.2) is 0 Å². The molecule has 3 fully saturated rings. The van der Waals surface area contributed by atoms with Crippen molar-refractivity contribution in [3.8, 4) is 0 Å². The van der Waals surface area contributed by atoms with Gasteiger partial charge in [0.05, 0.1) is 38.1 Å². The Balaban J connectivity index is 1.43. The molecule has 0 aromatic carbocycles. The maximum Gasteiger partial charge on any atom is 0.336 e. The van der Waals surface area contributed by atoms with Gasteiger partial charge in [-0.15, -0.1) is 0 Å². The Morgan fingerprint density at radius 3 is 1.10 bits per heavy atom. The van der Waals surface area contributed by atoms with Crippen LogP contribution in [0.25, 0.3) is 0 Å².